The molecule has 0 spiro atoms. The van der Waals surface area contributed by atoms with E-state index in [0.717, 1.165) is 23.5 Å². The van der Waals surface area contributed by atoms with Crippen molar-refractivity contribution in [1.82, 2.24) is 19.4 Å². The van der Waals surface area contributed by atoms with Gasteiger partial charge in [0.05, 0.1) is 18.8 Å². The van der Waals surface area contributed by atoms with Crippen molar-refractivity contribution < 1.29 is 9.53 Å². The number of benzene rings is 1. The molecule has 7 heteroatoms. The lowest BCUT2D eigenvalue weighted by Gasteiger charge is -2.33. The predicted molar refractivity (Wildman–Crippen MR) is 121 cm³/mol. The second-order valence-electron chi connectivity index (χ2n) is 8.14. The summed E-state index contributed by atoms with van der Waals surface area (Å²) < 4.78 is 7.50. The molecule has 2 aromatic heterocycles. The fraction of sp³-hybridized carbons (Fsp3) is 0.360. The Hall–Kier alpha value is -3.32. The maximum Gasteiger partial charge on any atom is 0.347 e. The first-order chi connectivity index (χ1) is 15.5. The number of morpholine rings is 1. The highest BCUT2D eigenvalue weighted by molar-refractivity contribution is 5.76. The van der Waals surface area contributed by atoms with E-state index in [4.69, 9.17) is 9.72 Å². The standard InChI is InChI=1S/C25H28N4O3/c1-18-15-19(2)29(25(31)26-18)12-11-24(30)28-13-14-32-23(17-28)22-10-6-9-21(27-22)16-20-7-4-3-5-8-20/h3-10,15,23H,11-14,16-17H2,1-2H3. The van der Waals surface area contributed by atoms with Crippen LogP contribution < -0.4 is 5.69 Å². The number of nitrogens with zero attached hydrogens (tertiary/aromatic N) is 4. The summed E-state index contributed by atoms with van der Waals surface area (Å²) in [5, 5.41) is 0. The summed E-state index contributed by atoms with van der Waals surface area (Å²) in [6, 6.07) is 18.0. The number of carbonyl (C=O) groups is 1. The topological polar surface area (TPSA) is 77.3 Å². The van der Waals surface area contributed by atoms with Gasteiger partial charge in [0.25, 0.3) is 0 Å². The van der Waals surface area contributed by atoms with E-state index in [0.29, 0.717) is 31.9 Å². The van der Waals surface area contributed by atoms with Crippen molar-refractivity contribution in [2.24, 2.45) is 0 Å². The van der Waals surface area contributed by atoms with Crippen LogP contribution in [0.15, 0.2) is 59.4 Å². The maximum absolute atomic E-state index is 12.9. The van der Waals surface area contributed by atoms with Gasteiger partial charge in [0.1, 0.15) is 6.10 Å². The number of aryl methyl sites for hydroxylation is 2. The van der Waals surface area contributed by atoms with Crippen LogP contribution in [0.25, 0.3) is 0 Å². The molecular formula is C25H28N4O3. The summed E-state index contributed by atoms with van der Waals surface area (Å²) in [5.74, 6) is 0.00520. The molecule has 0 N–H and O–H groups in total. The fourth-order valence-corrected chi connectivity index (χ4v) is 4.05. The summed E-state index contributed by atoms with van der Waals surface area (Å²) in [6.07, 6.45) is 0.747. The number of hydrogen-bond acceptors (Lipinski definition) is 5. The van der Waals surface area contributed by atoms with E-state index in [1.54, 1.807) is 11.5 Å². The van der Waals surface area contributed by atoms with E-state index in [9.17, 15) is 9.59 Å². The quantitative estimate of drug-likeness (QED) is 0.599. The normalized spacial score (nSPS) is 16.2. The molecule has 1 aliphatic heterocycles. The molecule has 1 saturated heterocycles. The van der Waals surface area contributed by atoms with Crippen LogP contribution >= 0.6 is 0 Å². The van der Waals surface area contributed by atoms with E-state index in [-0.39, 0.29) is 24.1 Å². The van der Waals surface area contributed by atoms with Crippen LogP contribution in [0.4, 0.5) is 0 Å². The zero-order chi connectivity index (χ0) is 22.5. The van der Waals surface area contributed by atoms with Crippen LogP contribution in [0.2, 0.25) is 0 Å². The van der Waals surface area contributed by atoms with Gasteiger partial charge in [-0.25, -0.2) is 4.79 Å². The molecule has 32 heavy (non-hydrogen) atoms. The van der Waals surface area contributed by atoms with Crippen LogP contribution in [0, 0.1) is 13.8 Å². The molecule has 0 aliphatic carbocycles. The Bertz CT molecular complexity index is 1140. The van der Waals surface area contributed by atoms with E-state index in [1.165, 1.54) is 5.56 Å². The molecular weight excluding hydrogens is 404 g/mol. The highest BCUT2D eigenvalue weighted by Gasteiger charge is 2.26. The first-order valence-electron chi connectivity index (χ1n) is 10.9. The molecule has 166 valence electrons. The smallest absolute Gasteiger partial charge is 0.347 e. The Morgan fingerprint density at radius 2 is 1.91 bits per heavy atom. The molecule has 3 heterocycles. The molecule has 1 aliphatic rings. The van der Waals surface area contributed by atoms with Gasteiger partial charge in [0.15, 0.2) is 0 Å². The Balaban J connectivity index is 1.39. The summed E-state index contributed by atoms with van der Waals surface area (Å²) >= 11 is 0. The Labute approximate surface area is 187 Å². The number of rotatable bonds is 6. The van der Waals surface area contributed by atoms with Crippen LogP contribution in [-0.4, -0.2) is 45.0 Å². The number of pyridine rings is 1. The largest absolute Gasteiger partial charge is 0.368 e. The molecule has 3 aromatic rings. The van der Waals surface area contributed by atoms with Gasteiger partial charge in [-0.3, -0.25) is 14.3 Å². The second-order valence-corrected chi connectivity index (χ2v) is 8.14. The van der Waals surface area contributed by atoms with Crippen molar-refractivity contribution in [2.45, 2.75) is 39.3 Å². The summed E-state index contributed by atoms with van der Waals surface area (Å²) in [5.41, 5.74) is 4.21. The van der Waals surface area contributed by atoms with Gasteiger partial charge < -0.3 is 9.64 Å². The van der Waals surface area contributed by atoms with Crippen molar-refractivity contribution in [3.63, 3.8) is 0 Å². The van der Waals surface area contributed by atoms with Crippen LogP contribution in [-0.2, 0) is 22.5 Å². The van der Waals surface area contributed by atoms with E-state index >= 15 is 0 Å². The Morgan fingerprint density at radius 1 is 1.09 bits per heavy atom. The Kier molecular flexibility index (Phi) is 6.75. The lowest BCUT2D eigenvalue weighted by molar-refractivity contribution is -0.139. The summed E-state index contributed by atoms with van der Waals surface area (Å²) in [4.78, 5) is 35.6. The number of carbonyl (C=O) groups excluding carboxylic acids is 1. The molecule has 0 radical (unpaired) electrons. The SMILES string of the molecule is Cc1cc(C)n(CCC(=O)N2CCOC(c3cccc(Cc4ccccc4)n3)C2)c(=O)n1. The number of ether oxygens (including phenoxy) is 1. The van der Waals surface area contributed by atoms with Gasteiger partial charge in [-0.2, -0.15) is 4.98 Å². The minimum Gasteiger partial charge on any atom is -0.368 e. The lowest BCUT2D eigenvalue weighted by Crippen LogP contribution is -2.43. The van der Waals surface area contributed by atoms with Crippen molar-refractivity contribution in [3.05, 3.63) is 93.4 Å². The fourth-order valence-electron chi connectivity index (χ4n) is 4.05. The van der Waals surface area contributed by atoms with Crippen LogP contribution in [0.1, 0.15) is 40.9 Å². The van der Waals surface area contributed by atoms with E-state index in [1.807, 2.05) is 54.3 Å². The highest BCUT2D eigenvalue weighted by atomic mass is 16.5. The average molecular weight is 433 g/mol. The molecule has 7 nitrogen and oxygen atoms in total. The highest BCUT2D eigenvalue weighted by Crippen LogP contribution is 2.22. The van der Waals surface area contributed by atoms with Gasteiger partial charge in [0, 0.05) is 43.0 Å². The maximum atomic E-state index is 12.9. The number of amides is 1. The van der Waals surface area contributed by atoms with Gasteiger partial charge in [-0.15, -0.1) is 0 Å². The molecule has 0 saturated carbocycles. The third-order valence-electron chi connectivity index (χ3n) is 5.70. The number of aromatic nitrogens is 3. The minimum atomic E-state index is -0.311. The Morgan fingerprint density at radius 3 is 2.69 bits per heavy atom. The van der Waals surface area contributed by atoms with Gasteiger partial charge in [0.2, 0.25) is 5.91 Å². The lowest BCUT2D eigenvalue weighted by atomic mass is 10.1. The molecule has 1 fully saturated rings. The zero-order valence-corrected chi connectivity index (χ0v) is 18.5. The summed E-state index contributed by atoms with van der Waals surface area (Å²) in [6.45, 7) is 5.44. The van der Waals surface area contributed by atoms with Gasteiger partial charge in [-0.05, 0) is 37.6 Å². The summed E-state index contributed by atoms with van der Waals surface area (Å²) in [7, 11) is 0. The first-order valence-corrected chi connectivity index (χ1v) is 10.9. The van der Waals surface area contributed by atoms with Crippen molar-refractivity contribution in [3.8, 4) is 0 Å². The molecule has 1 aromatic carbocycles. The van der Waals surface area contributed by atoms with Gasteiger partial charge >= 0.3 is 5.69 Å². The van der Waals surface area contributed by atoms with E-state index in [2.05, 4.69) is 17.1 Å². The van der Waals surface area contributed by atoms with Crippen molar-refractivity contribution in [2.75, 3.05) is 19.7 Å². The van der Waals surface area contributed by atoms with Crippen LogP contribution in [0.3, 0.4) is 0 Å². The molecule has 4 rings (SSSR count). The molecule has 1 atom stereocenters. The zero-order valence-electron chi connectivity index (χ0n) is 18.5. The van der Waals surface area contributed by atoms with Crippen molar-refractivity contribution >= 4 is 5.91 Å². The monoisotopic (exact) mass is 432 g/mol. The second kappa shape index (κ2) is 9.87. The molecule has 1 amide bonds. The predicted octanol–water partition coefficient (Wildman–Crippen LogP) is 2.84. The average Bonchev–Trinajstić information content (AvgIpc) is 2.79. The van der Waals surface area contributed by atoms with E-state index < -0.39 is 0 Å². The van der Waals surface area contributed by atoms with Crippen LogP contribution in [0.5, 0.6) is 0 Å². The third kappa shape index (κ3) is 5.29. The number of hydrogen-bond donors (Lipinski definition) is 0. The first kappa shape index (κ1) is 21.9. The van der Waals surface area contributed by atoms with Gasteiger partial charge in [-0.1, -0.05) is 36.4 Å². The molecule has 0 bridgehead atoms. The van der Waals surface area contributed by atoms with Crippen molar-refractivity contribution in [1.29, 1.82) is 0 Å². The molecule has 1 unspecified atom stereocenters. The minimum absolute atomic E-state index is 0.00520. The third-order valence-corrected chi connectivity index (χ3v) is 5.70.